The molecule has 0 unspecified atom stereocenters. The molecule has 0 atom stereocenters. The first-order valence-electron chi connectivity index (χ1n) is 9.87. The molecule has 0 bridgehead atoms. The molecule has 160 valence electrons. The summed E-state index contributed by atoms with van der Waals surface area (Å²) < 4.78 is 20.0. The number of hydrogen-bond acceptors (Lipinski definition) is 4. The number of amides is 1. The van der Waals surface area contributed by atoms with Crippen molar-refractivity contribution in [2.75, 3.05) is 13.2 Å². The van der Waals surface area contributed by atoms with Crippen LogP contribution in [0.3, 0.4) is 0 Å². The number of hydrogen-bond donors (Lipinski definition) is 2. The largest absolute Gasteiger partial charge is 0.478 e. The van der Waals surface area contributed by atoms with Crippen LogP contribution in [-0.2, 0) is 4.74 Å². The Labute approximate surface area is 183 Å². The fourth-order valence-corrected chi connectivity index (χ4v) is 3.94. The minimum absolute atomic E-state index is 0.0541. The van der Waals surface area contributed by atoms with E-state index >= 15 is 0 Å². The summed E-state index contributed by atoms with van der Waals surface area (Å²) in [7, 11) is 0. The maximum absolute atomic E-state index is 14.5. The van der Waals surface area contributed by atoms with Gasteiger partial charge in [-0.25, -0.2) is 14.2 Å². The van der Waals surface area contributed by atoms with Crippen LogP contribution in [-0.4, -0.2) is 35.9 Å². The number of rotatable bonds is 4. The SMILES string of the molecule is NC(=C1CCOCC1=NC(=O)c1c(Cl)cccc1C1CC1)c1ccc(C(=O)O)cc1F. The third-order valence-corrected chi connectivity index (χ3v) is 5.74. The molecule has 1 heterocycles. The number of nitrogens with zero attached hydrogens (tertiary/aromatic N) is 1. The Bertz CT molecular complexity index is 1140. The second kappa shape index (κ2) is 8.61. The molecule has 1 saturated carbocycles. The van der Waals surface area contributed by atoms with E-state index in [9.17, 15) is 14.0 Å². The second-order valence-corrected chi connectivity index (χ2v) is 7.94. The molecule has 1 aliphatic heterocycles. The topological polar surface area (TPSA) is 102 Å². The lowest BCUT2D eigenvalue weighted by Crippen LogP contribution is -2.25. The number of aliphatic imine (C=N–C) groups is 1. The number of carboxylic acids is 1. The van der Waals surface area contributed by atoms with Gasteiger partial charge in [-0.05, 0) is 55.0 Å². The fraction of sp³-hybridized carbons (Fsp3) is 0.261. The lowest BCUT2D eigenvalue weighted by molar-refractivity contribution is 0.0696. The number of carbonyl (C=O) groups excluding carboxylic acids is 1. The average molecular weight is 443 g/mol. The number of carboxylic acid groups (broad SMARTS) is 1. The monoisotopic (exact) mass is 442 g/mol. The number of ether oxygens (including phenoxy) is 1. The van der Waals surface area contributed by atoms with Crippen LogP contribution < -0.4 is 5.73 Å². The van der Waals surface area contributed by atoms with E-state index in [1.807, 2.05) is 12.1 Å². The molecule has 1 saturated heterocycles. The maximum Gasteiger partial charge on any atom is 0.335 e. The first kappa shape index (κ1) is 21.2. The third kappa shape index (κ3) is 4.38. The van der Waals surface area contributed by atoms with Gasteiger partial charge in [0.05, 0.1) is 35.1 Å². The van der Waals surface area contributed by atoms with E-state index in [1.54, 1.807) is 6.07 Å². The summed E-state index contributed by atoms with van der Waals surface area (Å²) in [5, 5.41) is 9.37. The molecular formula is C23H20ClFN2O4. The van der Waals surface area contributed by atoms with E-state index in [0.717, 1.165) is 24.5 Å². The van der Waals surface area contributed by atoms with E-state index < -0.39 is 17.7 Å². The van der Waals surface area contributed by atoms with Crippen LogP contribution in [0, 0.1) is 5.82 Å². The van der Waals surface area contributed by atoms with Crippen LogP contribution in [0.5, 0.6) is 0 Å². The predicted octanol–water partition coefficient (Wildman–Crippen LogP) is 4.43. The second-order valence-electron chi connectivity index (χ2n) is 7.54. The van der Waals surface area contributed by atoms with E-state index in [-0.39, 0.29) is 23.4 Å². The van der Waals surface area contributed by atoms with Crippen LogP contribution in [0.15, 0.2) is 47.0 Å². The Morgan fingerprint density at radius 1 is 1.23 bits per heavy atom. The van der Waals surface area contributed by atoms with Gasteiger partial charge in [0.1, 0.15) is 5.82 Å². The first-order valence-corrected chi connectivity index (χ1v) is 10.2. The lowest BCUT2D eigenvalue weighted by atomic mass is 9.97. The summed E-state index contributed by atoms with van der Waals surface area (Å²) in [6, 6.07) is 8.87. The van der Waals surface area contributed by atoms with Crippen molar-refractivity contribution in [2.24, 2.45) is 10.7 Å². The molecule has 0 aromatic heterocycles. The quantitative estimate of drug-likeness (QED) is 0.729. The van der Waals surface area contributed by atoms with E-state index in [2.05, 4.69) is 4.99 Å². The van der Waals surface area contributed by atoms with Crippen molar-refractivity contribution in [3.05, 3.63) is 75.1 Å². The van der Waals surface area contributed by atoms with E-state index in [1.165, 1.54) is 12.1 Å². The van der Waals surface area contributed by atoms with Gasteiger partial charge in [0.2, 0.25) is 0 Å². The molecule has 2 aromatic rings. The number of halogens is 2. The molecule has 2 fully saturated rings. The standard InChI is InChI=1S/C23H20ClFN2O4/c24-17-3-1-2-14(12-4-5-12)20(17)22(28)27-19-11-31-9-8-16(19)21(26)15-7-6-13(23(29)30)10-18(15)25/h1-3,6-7,10,12H,4-5,8-9,11,26H2,(H,29,30). The summed E-state index contributed by atoms with van der Waals surface area (Å²) in [5.74, 6) is -2.17. The molecular weight excluding hydrogens is 423 g/mol. The Hall–Kier alpha value is -3.03. The van der Waals surface area contributed by atoms with Gasteiger partial charge in [-0.2, -0.15) is 0 Å². The minimum Gasteiger partial charge on any atom is -0.478 e. The Kier molecular flexibility index (Phi) is 5.89. The highest BCUT2D eigenvalue weighted by Crippen LogP contribution is 2.43. The van der Waals surface area contributed by atoms with Crippen LogP contribution in [0.1, 0.15) is 57.0 Å². The number of nitrogens with two attached hydrogens (primary N) is 1. The van der Waals surface area contributed by atoms with Crippen molar-refractivity contribution in [1.29, 1.82) is 0 Å². The zero-order chi connectivity index (χ0) is 22.1. The van der Waals surface area contributed by atoms with Crippen molar-refractivity contribution in [1.82, 2.24) is 0 Å². The van der Waals surface area contributed by atoms with Gasteiger partial charge in [-0.15, -0.1) is 0 Å². The molecule has 0 radical (unpaired) electrons. The molecule has 8 heteroatoms. The molecule has 2 aliphatic rings. The molecule has 0 spiro atoms. The Morgan fingerprint density at radius 3 is 2.68 bits per heavy atom. The van der Waals surface area contributed by atoms with Gasteiger partial charge in [-0.1, -0.05) is 23.7 Å². The van der Waals surface area contributed by atoms with Gasteiger partial charge in [0, 0.05) is 16.8 Å². The Morgan fingerprint density at radius 2 is 2.00 bits per heavy atom. The highest BCUT2D eigenvalue weighted by atomic mass is 35.5. The minimum atomic E-state index is -1.23. The first-order chi connectivity index (χ1) is 14.9. The zero-order valence-corrected chi connectivity index (χ0v) is 17.3. The number of carbonyl (C=O) groups is 2. The summed E-state index contributed by atoms with van der Waals surface area (Å²) in [6.45, 7) is 0.400. The molecule has 2 aromatic carbocycles. The normalized spacial score (nSPS) is 19.4. The smallest absolute Gasteiger partial charge is 0.335 e. The summed E-state index contributed by atoms with van der Waals surface area (Å²) in [4.78, 5) is 28.4. The average Bonchev–Trinajstić information content (AvgIpc) is 3.58. The molecule has 31 heavy (non-hydrogen) atoms. The van der Waals surface area contributed by atoms with Crippen LogP contribution in [0.4, 0.5) is 4.39 Å². The van der Waals surface area contributed by atoms with E-state index in [4.69, 9.17) is 27.2 Å². The molecule has 3 N–H and O–H groups in total. The fourth-order valence-electron chi connectivity index (χ4n) is 3.67. The van der Waals surface area contributed by atoms with Gasteiger partial charge >= 0.3 is 5.97 Å². The van der Waals surface area contributed by atoms with Crippen molar-refractivity contribution < 1.29 is 23.8 Å². The molecule has 6 nitrogen and oxygen atoms in total. The maximum atomic E-state index is 14.5. The Balaban J connectivity index is 1.74. The van der Waals surface area contributed by atoms with Gasteiger partial charge in [0.25, 0.3) is 5.91 Å². The van der Waals surface area contributed by atoms with Crippen molar-refractivity contribution in [2.45, 2.75) is 25.2 Å². The summed E-state index contributed by atoms with van der Waals surface area (Å²) >= 11 is 6.31. The summed E-state index contributed by atoms with van der Waals surface area (Å²) in [6.07, 6.45) is 2.35. The highest BCUT2D eigenvalue weighted by Gasteiger charge is 2.30. The van der Waals surface area contributed by atoms with Gasteiger partial charge in [0.15, 0.2) is 0 Å². The highest BCUT2D eigenvalue weighted by molar-refractivity contribution is 6.34. The molecule has 1 amide bonds. The van der Waals surface area contributed by atoms with Crippen LogP contribution >= 0.6 is 11.6 Å². The zero-order valence-electron chi connectivity index (χ0n) is 16.5. The third-order valence-electron chi connectivity index (χ3n) is 5.43. The molecule has 1 aliphatic carbocycles. The van der Waals surface area contributed by atoms with Gasteiger partial charge in [-0.3, -0.25) is 4.79 Å². The number of benzene rings is 2. The summed E-state index contributed by atoms with van der Waals surface area (Å²) in [5.41, 5.74) is 8.29. The van der Waals surface area contributed by atoms with E-state index in [0.29, 0.717) is 40.8 Å². The van der Waals surface area contributed by atoms with Crippen molar-refractivity contribution >= 4 is 34.9 Å². The predicted molar refractivity (Wildman–Crippen MR) is 115 cm³/mol. The van der Waals surface area contributed by atoms with Crippen molar-refractivity contribution in [3.8, 4) is 0 Å². The van der Waals surface area contributed by atoms with Gasteiger partial charge < -0.3 is 15.6 Å². The lowest BCUT2D eigenvalue weighted by Gasteiger charge is -2.20. The van der Waals surface area contributed by atoms with Crippen LogP contribution in [0.2, 0.25) is 5.02 Å². The van der Waals surface area contributed by atoms with Crippen LogP contribution in [0.25, 0.3) is 5.70 Å². The van der Waals surface area contributed by atoms with Crippen molar-refractivity contribution in [3.63, 3.8) is 0 Å². The number of aromatic carboxylic acids is 1. The molecule has 4 rings (SSSR count).